The van der Waals surface area contributed by atoms with Crippen molar-refractivity contribution in [1.29, 1.82) is 0 Å². The van der Waals surface area contributed by atoms with E-state index in [9.17, 15) is 0 Å². The minimum absolute atomic E-state index is 0.205. The van der Waals surface area contributed by atoms with Crippen LogP contribution in [0.15, 0.2) is 28.7 Å². The molecule has 2 aromatic rings. The van der Waals surface area contributed by atoms with E-state index < -0.39 is 0 Å². The Labute approximate surface area is 108 Å². The van der Waals surface area contributed by atoms with E-state index in [1.807, 2.05) is 18.2 Å². The molecule has 2 N–H and O–H groups in total. The SMILES string of the molecule is Cc1c(C(C)NCCCCO)oc2ccccc12. The van der Waals surface area contributed by atoms with Gasteiger partial charge in [0.05, 0.1) is 6.04 Å². The van der Waals surface area contributed by atoms with Crippen LogP contribution < -0.4 is 5.32 Å². The number of aliphatic hydroxyl groups excluding tert-OH is 1. The molecule has 1 unspecified atom stereocenters. The molecule has 0 fully saturated rings. The summed E-state index contributed by atoms with van der Waals surface area (Å²) < 4.78 is 5.91. The number of unbranched alkanes of at least 4 members (excludes halogenated alkanes) is 1. The molecule has 0 spiro atoms. The van der Waals surface area contributed by atoms with Gasteiger partial charge < -0.3 is 14.8 Å². The molecule has 1 atom stereocenters. The minimum atomic E-state index is 0.205. The zero-order chi connectivity index (χ0) is 13.0. The average molecular weight is 247 g/mol. The van der Waals surface area contributed by atoms with Crippen molar-refractivity contribution < 1.29 is 9.52 Å². The third-order valence-corrected chi connectivity index (χ3v) is 3.31. The Kier molecular flexibility index (Phi) is 4.39. The van der Waals surface area contributed by atoms with Gasteiger partial charge in [0.1, 0.15) is 11.3 Å². The second-order valence-corrected chi connectivity index (χ2v) is 4.69. The molecule has 2 rings (SSSR count). The van der Waals surface area contributed by atoms with Gasteiger partial charge in [0.15, 0.2) is 0 Å². The molecule has 18 heavy (non-hydrogen) atoms. The number of hydrogen-bond donors (Lipinski definition) is 2. The molecule has 0 saturated heterocycles. The van der Waals surface area contributed by atoms with Crippen LogP contribution in [0.3, 0.4) is 0 Å². The van der Waals surface area contributed by atoms with Crippen molar-refractivity contribution in [1.82, 2.24) is 5.32 Å². The molecule has 0 radical (unpaired) electrons. The van der Waals surface area contributed by atoms with Crippen LogP contribution in [0.5, 0.6) is 0 Å². The van der Waals surface area contributed by atoms with Crippen LogP contribution >= 0.6 is 0 Å². The number of benzene rings is 1. The smallest absolute Gasteiger partial charge is 0.134 e. The zero-order valence-corrected chi connectivity index (χ0v) is 11.1. The first kappa shape index (κ1) is 13.1. The fourth-order valence-corrected chi connectivity index (χ4v) is 2.25. The van der Waals surface area contributed by atoms with Gasteiger partial charge in [-0.25, -0.2) is 0 Å². The van der Waals surface area contributed by atoms with E-state index in [4.69, 9.17) is 9.52 Å². The van der Waals surface area contributed by atoms with Gasteiger partial charge in [-0.2, -0.15) is 0 Å². The highest BCUT2D eigenvalue weighted by atomic mass is 16.3. The van der Waals surface area contributed by atoms with Gasteiger partial charge in [0, 0.05) is 12.0 Å². The number of rotatable bonds is 6. The molecule has 3 nitrogen and oxygen atoms in total. The fraction of sp³-hybridized carbons (Fsp3) is 0.467. The lowest BCUT2D eigenvalue weighted by molar-refractivity contribution is 0.282. The maximum absolute atomic E-state index is 8.74. The summed E-state index contributed by atoms with van der Waals surface area (Å²) in [4.78, 5) is 0. The van der Waals surface area contributed by atoms with E-state index in [1.54, 1.807) is 0 Å². The normalized spacial score (nSPS) is 13.1. The molecule has 0 aliphatic rings. The largest absolute Gasteiger partial charge is 0.459 e. The van der Waals surface area contributed by atoms with Crippen LogP contribution in [-0.4, -0.2) is 18.3 Å². The molecule has 0 amide bonds. The van der Waals surface area contributed by atoms with Gasteiger partial charge >= 0.3 is 0 Å². The molecule has 1 heterocycles. The number of hydrogen-bond acceptors (Lipinski definition) is 3. The Morgan fingerprint density at radius 3 is 2.78 bits per heavy atom. The van der Waals surface area contributed by atoms with Gasteiger partial charge in [-0.3, -0.25) is 0 Å². The minimum Gasteiger partial charge on any atom is -0.459 e. The quantitative estimate of drug-likeness (QED) is 0.771. The van der Waals surface area contributed by atoms with Gasteiger partial charge in [-0.1, -0.05) is 18.2 Å². The lowest BCUT2D eigenvalue weighted by Crippen LogP contribution is -2.20. The molecule has 0 saturated carbocycles. The Balaban J connectivity index is 2.08. The van der Waals surface area contributed by atoms with E-state index in [2.05, 4.69) is 25.2 Å². The van der Waals surface area contributed by atoms with Crippen molar-refractivity contribution in [3.05, 3.63) is 35.6 Å². The summed E-state index contributed by atoms with van der Waals surface area (Å²) in [6, 6.07) is 8.33. The van der Waals surface area contributed by atoms with Gasteiger partial charge in [-0.15, -0.1) is 0 Å². The monoisotopic (exact) mass is 247 g/mol. The fourth-order valence-electron chi connectivity index (χ4n) is 2.25. The predicted octanol–water partition coefficient (Wildman–Crippen LogP) is 3.16. The Hall–Kier alpha value is -1.32. The highest BCUT2D eigenvalue weighted by molar-refractivity contribution is 5.82. The van der Waals surface area contributed by atoms with Gasteiger partial charge in [-0.05, 0) is 44.9 Å². The average Bonchev–Trinajstić information content (AvgIpc) is 2.73. The van der Waals surface area contributed by atoms with Gasteiger partial charge in [0.2, 0.25) is 0 Å². The molecule has 0 aliphatic carbocycles. The third-order valence-electron chi connectivity index (χ3n) is 3.31. The number of aryl methyl sites for hydroxylation is 1. The number of furan rings is 1. The summed E-state index contributed by atoms with van der Waals surface area (Å²) in [6.45, 7) is 5.38. The molecular weight excluding hydrogens is 226 g/mol. The molecule has 98 valence electrons. The van der Waals surface area contributed by atoms with E-state index in [0.29, 0.717) is 0 Å². The molecule has 1 aromatic heterocycles. The molecule has 0 aliphatic heterocycles. The van der Waals surface area contributed by atoms with Crippen molar-refractivity contribution in [3.8, 4) is 0 Å². The van der Waals surface area contributed by atoms with E-state index in [-0.39, 0.29) is 12.6 Å². The zero-order valence-electron chi connectivity index (χ0n) is 11.1. The summed E-state index contributed by atoms with van der Waals surface area (Å²) in [5, 5.41) is 13.4. The summed E-state index contributed by atoms with van der Waals surface area (Å²) in [5.74, 6) is 1.01. The molecule has 0 bridgehead atoms. The Morgan fingerprint density at radius 1 is 1.28 bits per heavy atom. The van der Waals surface area contributed by atoms with Crippen LogP contribution in [0.25, 0.3) is 11.0 Å². The Morgan fingerprint density at radius 2 is 2.06 bits per heavy atom. The standard InChI is InChI=1S/C15H21NO2/c1-11-13-7-3-4-8-14(13)18-15(11)12(2)16-9-5-6-10-17/h3-4,7-8,12,16-17H,5-6,9-10H2,1-2H3. The lowest BCUT2D eigenvalue weighted by atomic mass is 10.1. The number of aliphatic hydroxyl groups is 1. The lowest BCUT2D eigenvalue weighted by Gasteiger charge is -2.11. The Bertz CT molecular complexity index is 504. The van der Waals surface area contributed by atoms with Crippen LogP contribution in [0.1, 0.15) is 37.1 Å². The molecule has 3 heteroatoms. The molecule has 1 aromatic carbocycles. The van der Waals surface area contributed by atoms with Crippen molar-refractivity contribution in [3.63, 3.8) is 0 Å². The summed E-state index contributed by atoms with van der Waals surface area (Å²) in [7, 11) is 0. The first-order valence-corrected chi connectivity index (χ1v) is 6.56. The van der Waals surface area contributed by atoms with Crippen LogP contribution in [-0.2, 0) is 0 Å². The maximum atomic E-state index is 8.74. The second kappa shape index (κ2) is 6.03. The summed E-state index contributed by atoms with van der Waals surface area (Å²) in [5.41, 5.74) is 2.17. The van der Waals surface area contributed by atoms with Crippen LogP contribution in [0, 0.1) is 6.92 Å². The van der Waals surface area contributed by atoms with Crippen molar-refractivity contribution in [2.45, 2.75) is 32.7 Å². The number of nitrogens with one attached hydrogen (secondary N) is 1. The highest BCUT2D eigenvalue weighted by Crippen LogP contribution is 2.28. The van der Waals surface area contributed by atoms with Crippen molar-refractivity contribution >= 4 is 11.0 Å². The van der Waals surface area contributed by atoms with Crippen molar-refractivity contribution in [2.75, 3.05) is 13.2 Å². The predicted molar refractivity (Wildman–Crippen MR) is 73.7 cm³/mol. The number of para-hydroxylation sites is 1. The highest BCUT2D eigenvalue weighted by Gasteiger charge is 2.15. The molecular formula is C15H21NO2. The van der Waals surface area contributed by atoms with Crippen LogP contribution in [0.4, 0.5) is 0 Å². The van der Waals surface area contributed by atoms with E-state index >= 15 is 0 Å². The summed E-state index contributed by atoms with van der Waals surface area (Å²) >= 11 is 0. The van der Waals surface area contributed by atoms with E-state index in [0.717, 1.165) is 30.7 Å². The van der Waals surface area contributed by atoms with Crippen LogP contribution in [0.2, 0.25) is 0 Å². The number of fused-ring (bicyclic) bond motifs is 1. The van der Waals surface area contributed by atoms with E-state index in [1.165, 1.54) is 10.9 Å². The third kappa shape index (κ3) is 2.74. The van der Waals surface area contributed by atoms with Crippen molar-refractivity contribution in [2.24, 2.45) is 0 Å². The van der Waals surface area contributed by atoms with Gasteiger partial charge in [0.25, 0.3) is 0 Å². The summed E-state index contributed by atoms with van der Waals surface area (Å²) in [6.07, 6.45) is 1.83. The first-order valence-electron chi connectivity index (χ1n) is 6.56. The topological polar surface area (TPSA) is 45.4 Å². The first-order chi connectivity index (χ1) is 8.74. The second-order valence-electron chi connectivity index (χ2n) is 4.69. The maximum Gasteiger partial charge on any atom is 0.134 e.